The van der Waals surface area contributed by atoms with Crippen LogP contribution in [0.15, 0.2) is 49.2 Å². The molecule has 0 bridgehead atoms. The molecule has 0 radical (unpaired) electrons. The van der Waals surface area contributed by atoms with E-state index in [0.29, 0.717) is 0 Å². The number of halogens is 1. The molecule has 1 rings (SSSR count). The summed E-state index contributed by atoms with van der Waals surface area (Å²) in [4.78, 5) is 2.23. The zero-order valence-corrected chi connectivity index (χ0v) is 9.49. The smallest absolute Gasteiger partial charge is 0.0393 e. The number of rotatable bonds is 4. The topological polar surface area (TPSA) is 3.24 Å². The number of nitrogens with zero attached hydrogens (tertiary/aromatic N) is 1. The van der Waals surface area contributed by atoms with Crippen LogP contribution >= 0.6 is 17.0 Å². The molecule has 0 unspecified atom stereocenters. The standard InChI is InChI=1S/C11H15N.BrH/c1-3-6-11-7-5-9-12(10-11)8-4-2;/h3-5,7,9H,1-2,6,8,10H2;1H. The van der Waals surface area contributed by atoms with Gasteiger partial charge in [-0.15, -0.1) is 30.1 Å². The van der Waals surface area contributed by atoms with Crippen LogP contribution in [0.3, 0.4) is 0 Å². The van der Waals surface area contributed by atoms with E-state index in [1.165, 1.54) is 5.57 Å². The molecule has 0 aromatic rings. The second kappa shape index (κ2) is 6.72. The molecule has 1 heterocycles. The molecule has 1 aliphatic heterocycles. The quantitative estimate of drug-likeness (QED) is 0.685. The van der Waals surface area contributed by atoms with Crippen LogP contribution in [0.1, 0.15) is 6.42 Å². The molecule has 72 valence electrons. The van der Waals surface area contributed by atoms with Gasteiger partial charge >= 0.3 is 0 Å². The van der Waals surface area contributed by atoms with Gasteiger partial charge in [0.1, 0.15) is 0 Å². The molecule has 0 spiro atoms. The molecule has 0 N–H and O–H groups in total. The first-order chi connectivity index (χ1) is 5.86. The van der Waals surface area contributed by atoms with Gasteiger partial charge in [-0.05, 0) is 24.3 Å². The maximum Gasteiger partial charge on any atom is 0.0393 e. The minimum absolute atomic E-state index is 0. The van der Waals surface area contributed by atoms with Crippen LogP contribution in [0.4, 0.5) is 0 Å². The summed E-state index contributed by atoms with van der Waals surface area (Å²) in [5, 5.41) is 0. The first kappa shape index (κ1) is 12.2. The minimum Gasteiger partial charge on any atom is -0.370 e. The highest BCUT2D eigenvalue weighted by Gasteiger charge is 2.03. The zero-order chi connectivity index (χ0) is 8.81. The van der Waals surface area contributed by atoms with E-state index in [2.05, 4.69) is 36.4 Å². The third-order valence-corrected chi connectivity index (χ3v) is 1.81. The number of hydrogen-bond donors (Lipinski definition) is 0. The first-order valence-corrected chi connectivity index (χ1v) is 4.19. The van der Waals surface area contributed by atoms with E-state index < -0.39 is 0 Å². The molecule has 1 aliphatic rings. The average Bonchev–Trinajstić information content (AvgIpc) is 2.06. The van der Waals surface area contributed by atoms with E-state index in [4.69, 9.17) is 0 Å². The average molecular weight is 242 g/mol. The van der Waals surface area contributed by atoms with Gasteiger partial charge in [0, 0.05) is 13.1 Å². The van der Waals surface area contributed by atoms with E-state index in [1.807, 2.05) is 12.2 Å². The van der Waals surface area contributed by atoms with Gasteiger partial charge in [-0.25, -0.2) is 0 Å². The van der Waals surface area contributed by atoms with E-state index in [1.54, 1.807) is 0 Å². The van der Waals surface area contributed by atoms with Gasteiger partial charge < -0.3 is 4.90 Å². The molecule has 0 aromatic heterocycles. The van der Waals surface area contributed by atoms with E-state index >= 15 is 0 Å². The van der Waals surface area contributed by atoms with Crippen LogP contribution < -0.4 is 0 Å². The van der Waals surface area contributed by atoms with Crippen molar-refractivity contribution in [3.63, 3.8) is 0 Å². The molecule has 0 amide bonds. The van der Waals surface area contributed by atoms with Crippen LogP contribution in [0, 0.1) is 0 Å². The van der Waals surface area contributed by atoms with E-state index in [9.17, 15) is 0 Å². The fourth-order valence-corrected chi connectivity index (χ4v) is 1.28. The van der Waals surface area contributed by atoms with E-state index in [-0.39, 0.29) is 17.0 Å². The second-order valence-electron chi connectivity index (χ2n) is 2.88. The Morgan fingerprint density at radius 3 is 2.77 bits per heavy atom. The van der Waals surface area contributed by atoms with Crippen molar-refractivity contribution >= 4 is 17.0 Å². The fourth-order valence-electron chi connectivity index (χ4n) is 1.28. The molecule has 0 fully saturated rings. The monoisotopic (exact) mass is 241 g/mol. The van der Waals surface area contributed by atoms with Crippen molar-refractivity contribution in [2.75, 3.05) is 13.1 Å². The predicted octanol–water partition coefficient (Wildman–Crippen LogP) is 3.08. The van der Waals surface area contributed by atoms with Gasteiger partial charge in [0.2, 0.25) is 0 Å². The molecular weight excluding hydrogens is 226 g/mol. The molecule has 0 atom stereocenters. The predicted molar refractivity (Wildman–Crippen MR) is 64.1 cm³/mol. The summed E-state index contributed by atoms with van der Waals surface area (Å²) < 4.78 is 0. The van der Waals surface area contributed by atoms with Crippen molar-refractivity contribution in [2.24, 2.45) is 0 Å². The largest absolute Gasteiger partial charge is 0.370 e. The summed E-state index contributed by atoms with van der Waals surface area (Å²) in [5.74, 6) is 0. The second-order valence-corrected chi connectivity index (χ2v) is 2.88. The third kappa shape index (κ3) is 4.13. The first-order valence-electron chi connectivity index (χ1n) is 4.19. The van der Waals surface area contributed by atoms with Gasteiger partial charge in [0.15, 0.2) is 0 Å². The maximum absolute atomic E-state index is 3.72. The van der Waals surface area contributed by atoms with Gasteiger partial charge in [-0.1, -0.05) is 18.2 Å². The summed E-state index contributed by atoms with van der Waals surface area (Å²) in [6.07, 6.45) is 11.2. The van der Waals surface area contributed by atoms with Crippen molar-refractivity contribution in [3.05, 3.63) is 49.2 Å². The number of hydrogen-bond acceptors (Lipinski definition) is 1. The van der Waals surface area contributed by atoms with Gasteiger partial charge in [0.25, 0.3) is 0 Å². The van der Waals surface area contributed by atoms with Crippen LogP contribution in [0.2, 0.25) is 0 Å². The molecular formula is C11H16BrN. The highest BCUT2D eigenvalue weighted by molar-refractivity contribution is 8.93. The van der Waals surface area contributed by atoms with Crippen LogP contribution in [-0.2, 0) is 0 Å². The maximum atomic E-state index is 3.72. The summed E-state index contributed by atoms with van der Waals surface area (Å²) in [7, 11) is 0. The minimum atomic E-state index is 0. The molecule has 0 aliphatic carbocycles. The Morgan fingerprint density at radius 1 is 1.38 bits per heavy atom. The Morgan fingerprint density at radius 2 is 2.15 bits per heavy atom. The van der Waals surface area contributed by atoms with Crippen molar-refractivity contribution < 1.29 is 0 Å². The Balaban J connectivity index is 0.00000144. The summed E-state index contributed by atoms with van der Waals surface area (Å²) in [5.41, 5.74) is 1.41. The fraction of sp³-hybridized carbons (Fsp3) is 0.273. The van der Waals surface area contributed by atoms with Crippen LogP contribution in [-0.4, -0.2) is 18.0 Å². The Hall–Kier alpha value is -0.760. The lowest BCUT2D eigenvalue weighted by Gasteiger charge is -2.22. The van der Waals surface area contributed by atoms with Crippen molar-refractivity contribution in [2.45, 2.75) is 6.42 Å². The van der Waals surface area contributed by atoms with Crippen LogP contribution in [0.25, 0.3) is 0 Å². The van der Waals surface area contributed by atoms with Crippen molar-refractivity contribution in [1.29, 1.82) is 0 Å². The van der Waals surface area contributed by atoms with Crippen molar-refractivity contribution in [3.8, 4) is 0 Å². The Kier molecular flexibility index (Phi) is 6.33. The Labute approximate surface area is 90.9 Å². The summed E-state index contributed by atoms with van der Waals surface area (Å²) in [6.45, 7) is 9.36. The van der Waals surface area contributed by atoms with Gasteiger partial charge in [-0.3, -0.25) is 0 Å². The molecule has 2 heteroatoms. The van der Waals surface area contributed by atoms with E-state index in [0.717, 1.165) is 19.5 Å². The summed E-state index contributed by atoms with van der Waals surface area (Å²) in [6, 6.07) is 0. The molecule has 13 heavy (non-hydrogen) atoms. The third-order valence-electron chi connectivity index (χ3n) is 1.81. The summed E-state index contributed by atoms with van der Waals surface area (Å²) >= 11 is 0. The lowest BCUT2D eigenvalue weighted by atomic mass is 10.1. The van der Waals surface area contributed by atoms with Crippen LogP contribution in [0.5, 0.6) is 0 Å². The lowest BCUT2D eigenvalue weighted by molar-refractivity contribution is 0.443. The normalized spacial score (nSPS) is 14.5. The molecule has 0 saturated heterocycles. The highest BCUT2D eigenvalue weighted by atomic mass is 79.9. The SMILES string of the molecule is Br.C=CCC1=CC=CN(CC=C)C1. The van der Waals surface area contributed by atoms with Gasteiger partial charge in [0.05, 0.1) is 0 Å². The highest BCUT2D eigenvalue weighted by Crippen LogP contribution is 2.10. The molecule has 0 aromatic carbocycles. The zero-order valence-electron chi connectivity index (χ0n) is 7.78. The lowest BCUT2D eigenvalue weighted by Crippen LogP contribution is -2.21. The van der Waals surface area contributed by atoms with Gasteiger partial charge in [-0.2, -0.15) is 0 Å². The Bertz CT molecular complexity index is 228. The van der Waals surface area contributed by atoms with Crippen molar-refractivity contribution in [1.82, 2.24) is 4.90 Å². The molecule has 1 nitrogen and oxygen atoms in total. The number of allylic oxidation sites excluding steroid dienone is 3. The molecule has 0 saturated carbocycles.